The number of ketones is 1. The van der Waals surface area contributed by atoms with Crippen molar-refractivity contribution < 1.29 is 4.79 Å². The van der Waals surface area contributed by atoms with Crippen LogP contribution in [0.4, 0.5) is 0 Å². The van der Waals surface area contributed by atoms with Gasteiger partial charge in [0.1, 0.15) is 5.03 Å². The van der Waals surface area contributed by atoms with Crippen LogP contribution in [0.25, 0.3) is 15.8 Å². The minimum atomic E-state index is -0.0889. The number of Topliss-reactive ketones (excluding diaryl/α,β-unsaturated/α-hetero) is 1. The van der Waals surface area contributed by atoms with Crippen molar-refractivity contribution in [3.05, 3.63) is 123 Å². The van der Waals surface area contributed by atoms with E-state index < -0.39 is 0 Å². The second-order valence-corrected chi connectivity index (χ2v) is 11.2. The van der Waals surface area contributed by atoms with Gasteiger partial charge >= 0.3 is 0 Å². The number of thioether (sulfide) groups is 1. The maximum atomic E-state index is 13.8. The Morgan fingerprint density at radius 1 is 0.919 bits per heavy atom. The zero-order valence-electron chi connectivity index (χ0n) is 20.2. The van der Waals surface area contributed by atoms with Crippen molar-refractivity contribution in [2.24, 2.45) is 0 Å². The summed E-state index contributed by atoms with van der Waals surface area (Å²) in [5, 5.41) is 6.27. The van der Waals surface area contributed by atoms with E-state index in [0.29, 0.717) is 5.56 Å². The molecule has 3 heterocycles. The summed E-state index contributed by atoms with van der Waals surface area (Å²) in [7, 11) is 0. The highest BCUT2D eigenvalue weighted by Crippen LogP contribution is 2.38. The van der Waals surface area contributed by atoms with Gasteiger partial charge in [-0.15, -0.1) is 11.3 Å². The van der Waals surface area contributed by atoms with E-state index in [-0.39, 0.29) is 17.1 Å². The predicted octanol–water partition coefficient (Wildman–Crippen LogP) is 5.98. The smallest absolute Gasteiger partial charge is 0.280 e. The van der Waals surface area contributed by atoms with Crippen molar-refractivity contribution in [1.82, 2.24) is 14.7 Å². The minimum absolute atomic E-state index is 0.0494. The second kappa shape index (κ2) is 10.5. The third kappa shape index (κ3) is 4.90. The molecule has 0 bridgehead atoms. The number of para-hydroxylation sites is 1. The number of carbonyl (C=O) groups is 1. The average Bonchev–Trinajstić information content (AvgIpc) is 3.33. The summed E-state index contributed by atoms with van der Waals surface area (Å²) in [5.74, 6) is 0.315. The maximum absolute atomic E-state index is 13.8. The van der Waals surface area contributed by atoms with Crippen LogP contribution in [0.2, 0.25) is 0 Å². The molecule has 7 heteroatoms. The molecule has 0 unspecified atom stereocenters. The molecule has 3 aromatic carbocycles. The summed E-state index contributed by atoms with van der Waals surface area (Å²) >= 11 is 3.07. The van der Waals surface area contributed by atoms with Crippen molar-refractivity contribution in [1.29, 1.82) is 0 Å². The number of nitrogens with zero attached hydrogens (tertiary/aromatic N) is 3. The fourth-order valence-corrected chi connectivity index (χ4v) is 7.15. The van der Waals surface area contributed by atoms with E-state index in [0.717, 1.165) is 52.4 Å². The van der Waals surface area contributed by atoms with Crippen molar-refractivity contribution in [3.63, 3.8) is 0 Å². The molecule has 1 aliphatic heterocycles. The molecular formula is C30H25N3O2S2. The standard InChI is InChI=1S/C30H25N3O2S2/c34-25(22-12-6-2-7-13-22)20-36-29-28-27(30(35)33(31-29)23-14-8-3-9-15-23)24-16-17-32(19-26(24)37-28)18-21-10-4-1-5-11-21/h1-15H,16-20H2. The first kappa shape index (κ1) is 23.9. The summed E-state index contributed by atoms with van der Waals surface area (Å²) in [4.78, 5) is 30.3. The Hall–Kier alpha value is -3.52. The first-order chi connectivity index (χ1) is 18.2. The Balaban J connectivity index is 1.38. The van der Waals surface area contributed by atoms with E-state index in [1.807, 2.05) is 66.7 Å². The normalized spacial score (nSPS) is 13.5. The second-order valence-electron chi connectivity index (χ2n) is 9.09. The van der Waals surface area contributed by atoms with Gasteiger partial charge in [0.05, 0.1) is 21.5 Å². The van der Waals surface area contributed by atoms with E-state index in [4.69, 9.17) is 5.10 Å². The highest BCUT2D eigenvalue weighted by molar-refractivity contribution is 8.00. The first-order valence-corrected chi connectivity index (χ1v) is 14.1. The van der Waals surface area contributed by atoms with Crippen LogP contribution in [0.1, 0.15) is 26.4 Å². The molecule has 0 aliphatic carbocycles. The van der Waals surface area contributed by atoms with Gasteiger partial charge in [0, 0.05) is 30.1 Å². The molecule has 37 heavy (non-hydrogen) atoms. The highest BCUT2D eigenvalue weighted by Gasteiger charge is 2.26. The van der Waals surface area contributed by atoms with Crippen LogP contribution >= 0.6 is 23.1 Å². The molecule has 0 N–H and O–H groups in total. The number of benzene rings is 3. The van der Waals surface area contributed by atoms with Gasteiger partial charge in [0.15, 0.2) is 5.78 Å². The van der Waals surface area contributed by atoms with Crippen molar-refractivity contribution in [3.8, 4) is 5.69 Å². The van der Waals surface area contributed by atoms with Crippen LogP contribution < -0.4 is 5.56 Å². The zero-order chi connectivity index (χ0) is 25.2. The van der Waals surface area contributed by atoms with Crippen LogP contribution in [0.3, 0.4) is 0 Å². The largest absolute Gasteiger partial charge is 0.294 e. The lowest BCUT2D eigenvalue weighted by Crippen LogP contribution is -2.30. The molecule has 0 spiro atoms. The van der Waals surface area contributed by atoms with E-state index in [9.17, 15) is 9.59 Å². The molecule has 0 fully saturated rings. The van der Waals surface area contributed by atoms with Gasteiger partial charge in [0.2, 0.25) is 0 Å². The average molecular weight is 524 g/mol. The molecule has 5 aromatic rings. The monoisotopic (exact) mass is 523 g/mol. The highest BCUT2D eigenvalue weighted by atomic mass is 32.2. The van der Waals surface area contributed by atoms with Gasteiger partial charge in [-0.1, -0.05) is 90.6 Å². The summed E-state index contributed by atoms with van der Waals surface area (Å²) in [6.07, 6.45) is 0.823. The number of thiophene rings is 1. The molecule has 6 rings (SSSR count). The lowest BCUT2D eigenvalue weighted by atomic mass is 10.0. The van der Waals surface area contributed by atoms with Crippen LogP contribution in [0, 0.1) is 0 Å². The predicted molar refractivity (Wildman–Crippen MR) is 151 cm³/mol. The maximum Gasteiger partial charge on any atom is 0.280 e. The first-order valence-electron chi connectivity index (χ1n) is 12.3. The van der Waals surface area contributed by atoms with Crippen molar-refractivity contribution >= 4 is 39.0 Å². The van der Waals surface area contributed by atoms with Crippen LogP contribution in [-0.4, -0.2) is 32.8 Å². The fraction of sp³-hybridized carbons (Fsp3) is 0.167. The van der Waals surface area contributed by atoms with Crippen LogP contribution in [0.5, 0.6) is 0 Å². The number of carbonyl (C=O) groups excluding carboxylic acids is 1. The Kier molecular flexibility index (Phi) is 6.74. The summed E-state index contributed by atoms with van der Waals surface area (Å²) in [6, 6.07) is 29.3. The number of hydrogen-bond donors (Lipinski definition) is 0. The number of hydrogen-bond acceptors (Lipinski definition) is 6. The van der Waals surface area contributed by atoms with Gasteiger partial charge in [-0.3, -0.25) is 14.5 Å². The van der Waals surface area contributed by atoms with Gasteiger partial charge in [-0.25, -0.2) is 0 Å². The Bertz CT molecular complexity index is 1610. The van der Waals surface area contributed by atoms with Crippen LogP contribution in [-0.2, 0) is 19.5 Å². The third-order valence-corrected chi connectivity index (χ3v) is 8.93. The van der Waals surface area contributed by atoms with E-state index >= 15 is 0 Å². The molecule has 0 amide bonds. The number of aromatic nitrogens is 2. The Morgan fingerprint density at radius 2 is 1.59 bits per heavy atom. The third-order valence-electron chi connectivity index (χ3n) is 6.61. The summed E-state index contributed by atoms with van der Waals surface area (Å²) < 4.78 is 2.40. The SMILES string of the molecule is O=C(CSc1nn(-c2ccccc2)c(=O)c2c3c(sc12)CN(Cc1ccccc1)CC3)c1ccccc1. The molecule has 0 radical (unpaired) electrons. The molecule has 0 saturated carbocycles. The molecule has 184 valence electrons. The lowest BCUT2D eigenvalue weighted by molar-refractivity contribution is 0.102. The zero-order valence-corrected chi connectivity index (χ0v) is 21.8. The van der Waals surface area contributed by atoms with Crippen LogP contribution in [0.15, 0.2) is 101 Å². The number of rotatable bonds is 7. The molecule has 2 aromatic heterocycles. The number of fused-ring (bicyclic) bond motifs is 3. The van der Waals surface area contributed by atoms with E-state index in [1.165, 1.54) is 26.9 Å². The topological polar surface area (TPSA) is 55.2 Å². The van der Waals surface area contributed by atoms with Crippen molar-refractivity contribution in [2.45, 2.75) is 24.5 Å². The van der Waals surface area contributed by atoms with Crippen molar-refractivity contribution in [2.75, 3.05) is 12.3 Å². The lowest BCUT2D eigenvalue weighted by Gasteiger charge is -2.26. The minimum Gasteiger partial charge on any atom is -0.294 e. The molecule has 5 nitrogen and oxygen atoms in total. The van der Waals surface area contributed by atoms with E-state index in [2.05, 4.69) is 29.2 Å². The Labute approximate surface area is 223 Å². The van der Waals surface area contributed by atoms with E-state index in [1.54, 1.807) is 11.3 Å². The molecule has 0 saturated heterocycles. The van der Waals surface area contributed by atoms with Gasteiger partial charge in [-0.2, -0.15) is 9.78 Å². The van der Waals surface area contributed by atoms with Gasteiger partial charge < -0.3 is 0 Å². The Morgan fingerprint density at radius 3 is 2.32 bits per heavy atom. The fourth-order valence-electron chi connectivity index (χ4n) is 4.78. The van der Waals surface area contributed by atoms with Gasteiger partial charge in [-0.05, 0) is 29.7 Å². The molecular weight excluding hydrogens is 498 g/mol. The molecule has 1 aliphatic rings. The molecule has 0 atom stereocenters. The van der Waals surface area contributed by atoms with Gasteiger partial charge in [0.25, 0.3) is 5.56 Å². The summed E-state index contributed by atoms with van der Waals surface area (Å²) in [6.45, 7) is 2.59. The quantitative estimate of drug-likeness (QED) is 0.194. The summed E-state index contributed by atoms with van der Waals surface area (Å²) in [5.41, 5.74) is 3.75.